The summed E-state index contributed by atoms with van der Waals surface area (Å²) in [6.07, 6.45) is 19.1. The summed E-state index contributed by atoms with van der Waals surface area (Å²) >= 11 is 0. The standard InChI is InChI=1S/C30H44N4/c1-5-9-20-34(19-7-3)29-16-15-25(17-18-32-29)33-26(12-6-2)21-28-27-14-11-10-13-24(27)22-30(28,8-4)23-31/h5,10-18,28,32-33H,1,6-9,19-23,31H2,2-4H3/b26-12+. The molecule has 2 unspecified atom stereocenters. The monoisotopic (exact) mass is 460 g/mol. The molecule has 1 aromatic carbocycles. The van der Waals surface area contributed by atoms with E-state index in [2.05, 4.69) is 91.5 Å². The van der Waals surface area contributed by atoms with E-state index in [4.69, 9.17) is 5.73 Å². The third-order valence-electron chi connectivity index (χ3n) is 7.35. The van der Waals surface area contributed by atoms with Crippen molar-refractivity contribution in [3.05, 3.63) is 95.8 Å². The van der Waals surface area contributed by atoms with E-state index in [0.717, 1.165) is 69.7 Å². The van der Waals surface area contributed by atoms with Gasteiger partial charge in [0, 0.05) is 30.7 Å². The second-order valence-corrected chi connectivity index (χ2v) is 9.53. The largest absolute Gasteiger partial charge is 0.359 e. The second-order valence-electron chi connectivity index (χ2n) is 9.53. The molecule has 34 heavy (non-hydrogen) atoms. The fourth-order valence-electron chi connectivity index (χ4n) is 5.40. The van der Waals surface area contributed by atoms with Gasteiger partial charge in [-0.25, -0.2) is 0 Å². The van der Waals surface area contributed by atoms with Gasteiger partial charge in [-0.05, 0) is 85.8 Å². The molecule has 4 N–H and O–H groups in total. The average molecular weight is 461 g/mol. The van der Waals surface area contributed by atoms with E-state index in [0.29, 0.717) is 5.92 Å². The van der Waals surface area contributed by atoms with Crippen molar-refractivity contribution >= 4 is 0 Å². The van der Waals surface area contributed by atoms with E-state index in [-0.39, 0.29) is 5.41 Å². The summed E-state index contributed by atoms with van der Waals surface area (Å²) in [5, 5.41) is 7.22. The Morgan fingerprint density at radius 3 is 2.76 bits per heavy atom. The van der Waals surface area contributed by atoms with Crippen LogP contribution in [0.3, 0.4) is 0 Å². The Kier molecular flexibility index (Phi) is 9.64. The lowest BCUT2D eigenvalue weighted by Gasteiger charge is -2.35. The Morgan fingerprint density at radius 1 is 1.24 bits per heavy atom. The van der Waals surface area contributed by atoms with Crippen molar-refractivity contribution < 1.29 is 0 Å². The van der Waals surface area contributed by atoms with Crippen molar-refractivity contribution in [2.45, 2.75) is 65.2 Å². The molecule has 0 saturated heterocycles. The Balaban J connectivity index is 1.81. The van der Waals surface area contributed by atoms with Crippen LogP contribution in [0.1, 0.15) is 69.9 Å². The molecule has 1 heterocycles. The van der Waals surface area contributed by atoms with Crippen molar-refractivity contribution in [3.8, 4) is 0 Å². The quantitative estimate of drug-likeness (QED) is 0.312. The Morgan fingerprint density at radius 2 is 2.06 bits per heavy atom. The van der Waals surface area contributed by atoms with Gasteiger partial charge < -0.3 is 21.3 Å². The van der Waals surface area contributed by atoms with Crippen LogP contribution in [0.15, 0.2) is 84.6 Å². The van der Waals surface area contributed by atoms with Gasteiger partial charge in [0.2, 0.25) is 0 Å². The lowest BCUT2D eigenvalue weighted by atomic mass is 9.72. The maximum atomic E-state index is 6.42. The molecule has 0 spiro atoms. The SMILES string of the molecule is C=CCCN(CCC)C1=CC=C(N/C(=C/CC)CC2c3ccccc3CC2(CC)CN)C=CN1. The van der Waals surface area contributed by atoms with Crippen LogP contribution in [0, 0.1) is 5.41 Å². The maximum absolute atomic E-state index is 6.42. The zero-order valence-electron chi connectivity index (χ0n) is 21.4. The van der Waals surface area contributed by atoms with Gasteiger partial charge in [0.15, 0.2) is 0 Å². The normalized spacial score (nSPS) is 21.8. The molecule has 0 bridgehead atoms. The van der Waals surface area contributed by atoms with Crippen molar-refractivity contribution in [1.82, 2.24) is 15.5 Å². The summed E-state index contributed by atoms with van der Waals surface area (Å²) in [5.41, 5.74) is 11.9. The molecular formula is C30H44N4. The van der Waals surface area contributed by atoms with Crippen LogP contribution >= 0.6 is 0 Å². The fraction of sp³-hybridized carbons (Fsp3) is 0.467. The van der Waals surface area contributed by atoms with E-state index in [1.807, 2.05) is 12.3 Å². The molecule has 4 heteroatoms. The van der Waals surface area contributed by atoms with Crippen molar-refractivity contribution in [3.63, 3.8) is 0 Å². The fourth-order valence-corrected chi connectivity index (χ4v) is 5.40. The summed E-state index contributed by atoms with van der Waals surface area (Å²) < 4.78 is 0. The molecule has 3 rings (SSSR count). The number of nitrogens with two attached hydrogens (primary N) is 1. The summed E-state index contributed by atoms with van der Waals surface area (Å²) in [6, 6.07) is 8.93. The molecule has 0 saturated carbocycles. The van der Waals surface area contributed by atoms with Gasteiger partial charge in [0.1, 0.15) is 5.82 Å². The zero-order chi connectivity index (χ0) is 24.4. The van der Waals surface area contributed by atoms with E-state index < -0.39 is 0 Å². The van der Waals surface area contributed by atoms with Gasteiger partial charge >= 0.3 is 0 Å². The number of hydrogen-bond acceptors (Lipinski definition) is 4. The molecule has 0 amide bonds. The summed E-state index contributed by atoms with van der Waals surface area (Å²) in [7, 11) is 0. The number of fused-ring (bicyclic) bond motifs is 1. The highest BCUT2D eigenvalue weighted by atomic mass is 15.2. The van der Waals surface area contributed by atoms with Gasteiger partial charge in [-0.1, -0.05) is 57.2 Å². The van der Waals surface area contributed by atoms with E-state index >= 15 is 0 Å². The van der Waals surface area contributed by atoms with Crippen LogP contribution in [0.4, 0.5) is 0 Å². The minimum atomic E-state index is 0.131. The van der Waals surface area contributed by atoms with Crippen LogP contribution in [-0.4, -0.2) is 24.5 Å². The summed E-state index contributed by atoms with van der Waals surface area (Å²) in [5.74, 6) is 1.57. The highest BCUT2D eigenvalue weighted by Crippen LogP contribution is 2.51. The lowest BCUT2D eigenvalue weighted by Crippen LogP contribution is -2.35. The van der Waals surface area contributed by atoms with Gasteiger partial charge in [0.25, 0.3) is 0 Å². The highest BCUT2D eigenvalue weighted by molar-refractivity contribution is 5.40. The predicted octanol–water partition coefficient (Wildman–Crippen LogP) is 6.09. The van der Waals surface area contributed by atoms with Gasteiger partial charge in [-0.3, -0.25) is 0 Å². The number of hydrogen-bond donors (Lipinski definition) is 3. The third kappa shape index (κ3) is 6.04. The highest BCUT2D eigenvalue weighted by Gasteiger charge is 2.43. The first-order valence-electron chi connectivity index (χ1n) is 13.1. The van der Waals surface area contributed by atoms with Crippen LogP contribution in [0.5, 0.6) is 0 Å². The first-order chi connectivity index (χ1) is 16.6. The van der Waals surface area contributed by atoms with Crippen molar-refractivity contribution in [1.29, 1.82) is 0 Å². The molecule has 1 aliphatic heterocycles. The topological polar surface area (TPSA) is 53.3 Å². The van der Waals surface area contributed by atoms with E-state index in [1.54, 1.807) is 0 Å². The Bertz CT molecular complexity index is 933. The van der Waals surface area contributed by atoms with Gasteiger partial charge in [0.05, 0.1) is 0 Å². The first-order valence-corrected chi connectivity index (χ1v) is 13.1. The molecule has 1 aromatic rings. The van der Waals surface area contributed by atoms with Crippen LogP contribution in [0.25, 0.3) is 0 Å². The smallest absolute Gasteiger partial charge is 0.105 e. The van der Waals surface area contributed by atoms with Crippen LogP contribution < -0.4 is 16.4 Å². The number of allylic oxidation sites excluding steroid dienone is 5. The summed E-state index contributed by atoms with van der Waals surface area (Å²) in [6.45, 7) is 13.3. The van der Waals surface area contributed by atoms with E-state index in [1.165, 1.54) is 16.8 Å². The molecule has 4 nitrogen and oxygen atoms in total. The predicted molar refractivity (Wildman–Crippen MR) is 146 cm³/mol. The molecule has 1 aliphatic carbocycles. The molecule has 0 fully saturated rings. The van der Waals surface area contributed by atoms with Crippen LogP contribution in [-0.2, 0) is 6.42 Å². The van der Waals surface area contributed by atoms with E-state index in [9.17, 15) is 0 Å². The number of benzene rings is 1. The van der Waals surface area contributed by atoms with Crippen molar-refractivity contribution in [2.75, 3.05) is 19.6 Å². The Hall–Kier alpha value is -2.72. The Labute approximate surface area is 207 Å². The van der Waals surface area contributed by atoms with Crippen molar-refractivity contribution in [2.24, 2.45) is 11.1 Å². The number of rotatable bonds is 13. The number of nitrogens with one attached hydrogen (secondary N) is 2. The molecule has 184 valence electrons. The van der Waals surface area contributed by atoms with Crippen LogP contribution in [0.2, 0.25) is 0 Å². The molecule has 2 aliphatic rings. The molecular weight excluding hydrogens is 416 g/mol. The van der Waals surface area contributed by atoms with Gasteiger partial charge in [-0.15, -0.1) is 6.58 Å². The third-order valence-corrected chi connectivity index (χ3v) is 7.35. The minimum absolute atomic E-state index is 0.131. The number of nitrogens with zero attached hydrogens (tertiary/aromatic N) is 1. The van der Waals surface area contributed by atoms with Gasteiger partial charge in [-0.2, -0.15) is 0 Å². The second kappa shape index (κ2) is 12.7. The maximum Gasteiger partial charge on any atom is 0.105 e. The average Bonchev–Trinajstić information content (AvgIpc) is 2.98. The lowest BCUT2D eigenvalue weighted by molar-refractivity contribution is 0.240. The molecule has 0 radical (unpaired) electrons. The molecule has 0 aromatic heterocycles. The summed E-state index contributed by atoms with van der Waals surface area (Å²) in [4.78, 5) is 2.39. The molecule has 2 atom stereocenters. The first kappa shape index (κ1) is 25.9. The zero-order valence-corrected chi connectivity index (χ0v) is 21.4. The minimum Gasteiger partial charge on any atom is -0.359 e.